The monoisotopic (exact) mass is 406 g/mol. The van der Waals surface area contributed by atoms with Crippen molar-refractivity contribution in [2.24, 2.45) is 5.92 Å². The van der Waals surface area contributed by atoms with Crippen LogP contribution in [0.1, 0.15) is 57.9 Å². The lowest BCUT2D eigenvalue weighted by atomic mass is 9.93. The summed E-state index contributed by atoms with van der Waals surface area (Å²) in [6.45, 7) is 5.36. The summed E-state index contributed by atoms with van der Waals surface area (Å²) in [7, 11) is 0. The quantitative estimate of drug-likeness (QED) is 0.584. The van der Waals surface area contributed by atoms with Crippen molar-refractivity contribution >= 4 is 16.9 Å². The smallest absolute Gasteiger partial charge is 0.335 e. The predicted octanol–water partition coefficient (Wildman–Crippen LogP) is 5.55. The number of alkyl halides is 1. The van der Waals surface area contributed by atoms with E-state index in [1.165, 1.54) is 22.1 Å². The van der Waals surface area contributed by atoms with E-state index in [0.29, 0.717) is 19.5 Å². The van der Waals surface area contributed by atoms with Crippen LogP contribution < -0.4 is 0 Å². The zero-order valence-electron chi connectivity index (χ0n) is 17.4. The summed E-state index contributed by atoms with van der Waals surface area (Å²) < 4.78 is 15.9. The van der Waals surface area contributed by atoms with Gasteiger partial charge in [0, 0.05) is 42.7 Å². The van der Waals surface area contributed by atoms with Crippen molar-refractivity contribution in [2.75, 3.05) is 6.54 Å². The fourth-order valence-electron chi connectivity index (χ4n) is 5.26. The molecule has 1 saturated heterocycles. The van der Waals surface area contributed by atoms with Gasteiger partial charge in [0.25, 0.3) is 0 Å². The number of aryl methyl sites for hydroxylation is 2. The number of aromatic amines is 1. The highest BCUT2D eigenvalue weighted by Crippen LogP contribution is 2.53. The van der Waals surface area contributed by atoms with Gasteiger partial charge in [-0.1, -0.05) is 18.2 Å². The van der Waals surface area contributed by atoms with Gasteiger partial charge in [0.2, 0.25) is 0 Å². The molecule has 2 N–H and O–H groups in total. The third-order valence-corrected chi connectivity index (χ3v) is 7.03. The van der Waals surface area contributed by atoms with Crippen LogP contribution in [0, 0.1) is 19.8 Å². The molecule has 30 heavy (non-hydrogen) atoms. The predicted molar refractivity (Wildman–Crippen MR) is 116 cm³/mol. The van der Waals surface area contributed by atoms with Crippen molar-refractivity contribution < 1.29 is 14.3 Å². The zero-order chi connectivity index (χ0) is 21.0. The number of rotatable bonds is 5. The van der Waals surface area contributed by atoms with Crippen LogP contribution in [0.4, 0.5) is 4.39 Å². The Balaban J connectivity index is 1.51. The molecule has 0 spiro atoms. The Labute approximate surface area is 175 Å². The molecule has 1 aliphatic heterocycles. The number of benzene rings is 2. The summed E-state index contributed by atoms with van der Waals surface area (Å²) in [4.78, 5) is 16.8. The highest BCUT2D eigenvalue weighted by atomic mass is 19.1. The summed E-state index contributed by atoms with van der Waals surface area (Å²) >= 11 is 0. The summed E-state index contributed by atoms with van der Waals surface area (Å²) in [5.41, 5.74) is 4.93. The van der Waals surface area contributed by atoms with Gasteiger partial charge in [-0.2, -0.15) is 0 Å². The molecule has 5 heteroatoms. The van der Waals surface area contributed by atoms with Gasteiger partial charge in [-0.3, -0.25) is 4.90 Å². The van der Waals surface area contributed by atoms with Crippen LogP contribution in [-0.2, 0) is 6.54 Å². The molecule has 1 aromatic heterocycles. The van der Waals surface area contributed by atoms with E-state index in [2.05, 4.69) is 35.9 Å². The maximum atomic E-state index is 15.9. The molecule has 2 heterocycles. The number of hydrogen-bond donors (Lipinski definition) is 2. The van der Waals surface area contributed by atoms with E-state index in [-0.39, 0.29) is 17.5 Å². The number of aromatic nitrogens is 1. The lowest BCUT2D eigenvalue weighted by molar-refractivity contribution is 0.0697. The van der Waals surface area contributed by atoms with Gasteiger partial charge in [-0.25, -0.2) is 9.18 Å². The molecular weight excluding hydrogens is 379 g/mol. The first-order chi connectivity index (χ1) is 14.4. The maximum Gasteiger partial charge on any atom is 0.335 e. The normalized spacial score (nSPS) is 24.6. The Morgan fingerprint density at radius 2 is 1.93 bits per heavy atom. The Hall–Kier alpha value is -2.66. The number of aromatic carboxylic acids is 1. The molecule has 2 aromatic carbocycles. The molecule has 2 aliphatic rings. The van der Waals surface area contributed by atoms with Gasteiger partial charge < -0.3 is 10.1 Å². The summed E-state index contributed by atoms with van der Waals surface area (Å²) in [6.07, 6.45) is 4.39. The highest BCUT2D eigenvalue weighted by molar-refractivity contribution is 5.88. The summed E-state index contributed by atoms with van der Waals surface area (Å²) in [5.74, 6) is -0.775. The van der Waals surface area contributed by atoms with Gasteiger partial charge in [0.15, 0.2) is 0 Å². The SMILES string of the molecule is Cc1cc(C)c2[nH]ccc2c1CN1C[C@@](F)(C2CC2)CC1c1ccc(C(=O)O)cc1. The number of nitrogens with zero attached hydrogens (tertiary/aromatic N) is 1. The van der Waals surface area contributed by atoms with Gasteiger partial charge in [0.1, 0.15) is 5.67 Å². The number of likely N-dealkylation sites (tertiary alicyclic amines) is 1. The third-order valence-electron chi connectivity index (χ3n) is 7.03. The van der Waals surface area contributed by atoms with E-state index in [1.807, 2.05) is 18.3 Å². The molecule has 1 aliphatic carbocycles. The molecule has 3 aromatic rings. The summed E-state index contributed by atoms with van der Waals surface area (Å²) in [5, 5.41) is 10.4. The number of fused-ring (bicyclic) bond motifs is 1. The molecule has 156 valence electrons. The van der Waals surface area contributed by atoms with Crippen molar-refractivity contribution in [3.05, 3.63) is 70.4 Å². The molecule has 0 radical (unpaired) electrons. The van der Waals surface area contributed by atoms with Crippen LogP contribution in [0.2, 0.25) is 0 Å². The summed E-state index contributed by atoms with van der Waals surface area (Å²) in [6, 6.07) is 11.2. The highest BCUT2D eigenvalue weighted by Gasteiger charge is 2.53. The van der Waals surface area contributed by atoms with E-state index in [0.717, 1.165) is 23.9 Å². The number of halogens is 1. The van der Waals surface area contributed by atoms with Crippen LogP contribution in [0.3, 0.4) is 0 Å². The molecule has 1 saturated carbocycles. The van der Waals surface area contributed by atoms with Crippen molar-refractivity contribution in [1.29, 1.82) is 0 Å². The number of carboxylic acids is 1. The second-order valence-corrected chi connectivity index (χ2v) is 9.12. The number of carbonyl (C=O) groups is 1. The molecule has 0 amide bonds. The van der Waals surface area contributed by atoms with Crippen molar-refractivity contribution in [2.45, 2.75) is 51.4 Å². The molecule has 2 fully saturated rings. The Bertz CT molecular complexity index is 1120. The second-order valence-electron chi connectivity index (χ2n) is 9.12. The molecular formula is C25H27FN2O2. The van der Waals surface area contributed by atoms with E-state index in [1.54, 1.807) is 12.1 Å². The van der Waals surface area contributed by atoms with E-state index in [4.69, 9.17) is 0 Å². The first-order valence-electron chi connectivity index (χ1n) is 10.7. The van der Waals surface area contributed by atoms with Crippen LogP contribution in [0.15, 0.2) is 42.6 Å². The van der Waals surface area contributed by atoms with Crippen LogP contribution in [0.5, 0.6) is 0 Å². The van der Waals surface area contributed by atoms with Gasteiger partial charge in [-0.15, -0.1) is 0 Å². The van der Waals surface area contributed by atoms with Crippen LogP contribution >= 0.6 is 0 Å². The average Bonchev–Trinajstić information content (AvgIpc) is 3.37. The minimum absolute atomic E-state index is 0.0480. The Kier molecular flexibility index (Phi) is 4.47. The van der Waals surface area contributed by atoms with Crippen molar-refractivity contribution in [1.82, 2.24) is 9.88 Å². The number of H-pyrrole nitrogens is 1. The molecule has 0 bridgehead atoms. The maximum absolute atomic E-state index is 15.9. The van der Waals surface area contributed by atoms with Gasteiger partial charge in [0.05, 0.1) is 5.56 Å². The number of carboxylic acid groups (broad SMARTS) is 1. The molecule has 1 unspecified atom stereocenters. The van der Waals surface area contributed by atoms with Crippen LogP contribution in [0.25, 0.3) is 10.9 Å². The van der Waals surface area contributed by atoms with E-state index >= 15 is 4.39 Å². The molecule has 5 rings (SSSR count). The first kappa shape index (κ1) is 19.3. The van der Waals surface area contributed by atoms with Gasteiger partial charge >= 0.3 is 5.97 Å². The standard InChI is InChI=1S/C25H27FN2O2/c1-15-11-16(2)23-20(9-10-27-23)21(15)13-28-14-25(26,19-7-8-19)12-22(28)17-3-5-18(6-4-17)24(29)30/h3-6,9-11,19,22,27H,7-8,12-14H2,1-2H3,(H,29,30)/t22?,25-/m1/s1. The minimum Gasteiger partial charge on any atom is -0.478 e. The largest absolute Gasteiger partial charge is 0.478 e. The zero-order valence-corrected chi connectivity index (χ0v) is 17.4. The second kappa shape index (κ2) is 6.95. The minimum atomic E-state index is -1.16. The lowest BCUT2D eigenvalue weighted by Gasteiger charge is -2.26. The first-order valence-corrected chi connectivity index (χ1v) is 10.7. The Morgan fingerprint density at radius 1 is 1.20 bits per heavy atom. The van der Waals surface area contributed by atoms with Crippen molar-refractivity contribution in [3.8, 4) is 0 Å². The fraction of sp³-hybridized carbons (Fsp3) is 0.400. The number of nitrogens with one attached hydrogen (secondary N) is 1. The molecule has 2 atom stereocenters. The lowest BCUT2D eigenvalue weighted by Crippen LogP contribution is -2.31. The van der Waals surface area contributed by atoms with E-state index in [9.17, 15) is 9.90 Å². The topological polar surface area (TPSA) is 56.3 Å². The fourth-order valence-corrected chi connectivity index (χ4v) is 5.26. The molecule has 4 nitrogen and oxygen atoms in total. The third kappa shape index (κ3) is 3.21. The van der Waals surface area contributed by atoms with Crippen molar-refractivity contribution in [3.63, 3.8) is 0 Å². The van der Waals surface area contributed by atoms with Crippen LogP contribution in [-0.4, -0.2) is 33.2 Å². The average molecular weight is 407 g/mol. The van der Waals surface area contributed by atoms with E-state index < -0.39 is 11.6 Å². The Morgan fingerprint density at radius 3 is 2.60 bits per heavy atom. The van der Waals surface area contributed by atoms with Gasteiger partial charge in [-0.05, 0) is 73.1 Å². The number of hydrogen-bond acceptors (Lipinski definition) is 2.